The van der Waals surface area contributed by atoms with Gasteiger partial charge in [0.25, 0.3) is 0 Å². The molecule has 0 saturated carbocycles. The van der Waals surface area contributed by atoms with Crippen LogP contribution in [0, 0.1) is 6.92 Å². The number of carbonyl (C=O) groups is 3. The van der Waals surface area contributed by atoms with Crippen molar-refractivity contribution >= 4 is 17.8 Å². The Hall–Kier alpha value is -4.23. The standard InChI is InChI=1S/C35H40N4O3.2C2H6/c1-25-15-17-30(18-16-25)35(29-13-8-5-9-14-29)19-23-38(24-20-35)22-10-21-36-33(41)39-32(28-11-6-4-7-12-28)31(27(3)40)26(2)37-34(39)42;2*1-2/h4-9,11-18,32H,10,19-24H2,1-3H3,(H,36,41)(H,37,42);2*1-2H3. The highest BCUT2D eigenvalue weighted by atomic mass is 16.2. The van der Waals surface area contributed by atoms with Crippen LogP contribution in [-0.2, 0) is 10.2 Å². The van der Waals surface area contributed by atoms with Gasteiger partial charge < -0.3 is 15.5 Å². The SMILES string of the molecule is CC.CC.CC(=O)C1=C(C)NC(=O)N(C(=O)NCCCN2CCC(c3ccccc3)(c3ccc(C)cc3)CC2)C1c1ccccc1. The number of Topliss-reactive ketones (excluding diaryl/α,β-unsaturated/α-hetero) is 1. The number of amides is 4. The molecule has 7 nitrogen and oxygen atoms in total. The summed E-state index contributed by atoms with van der Waals surface area (Å²) in [4.78, 5) is 42.5. The fraction of sp³-hybridized carbons (Fsp3) is 0.410. The van der Waals surface area contributed by atoms with Crippen LogP contribution in [-0.4, -0.2) is 53.8 Å². The Labute approximate surface area is 276 Å². The summed E-state index contributed by atoms with van der Waals surface area (Å²) in [5.74, 6) is -0.179. The van der Waals surface area contributed by atoms with E-state index >= 15 is 0 Å². The maximum Gasteiger partial charge on any atom is 0.330 e. The van der Waals surface area contributed by atoms with E-state index in [0.29, 0.717) is 17.8 Å². The largest absolute Gasteiger partial charge is 0.337 e. The lowest BCUT2D eigenvalue weighted by Crippen LogP contribution is -2.54. The van der Waals surface area contributed by atoms with Crippen molar-refractivity contribution < 1.29 is 14.4 Å². The number of nitrogens with one attached hydrogen (secondary N) is 2. The van der Waals surface area contributed by atoms with Gasteiger partial charge in [0, 0.05) is 23.2 Å². The number of urea groups is 2. The highest BCUT2D eigenvalue weighted by Crippen LogP contribution is 2.42. The Bertz CT molecular complexity index is 1440. The van der Waals surface area contributed by atoms with Gasteiger partial charge in [-0.3, -0.25) is 4.79 Å². The summed E-state index contributed by atoms with van der Waals surface area (Å²) in [5.41, 5.74) is 5.61. The van der Waals surface area contributed by atoms with E-state index in [0.717, 1.165) is 49.4 Å². The number of benzene rings is 3. The van der Waals surface area contributed by atoms with E-state index in [1.807, 2.05) is 58.0 Å². The molecule has 1 saturated heterocycles. The third-order valence-electron chi connectivity index (χ3n) is 8.73. The van der Waals surface area contributed by atoms with Crippen molar-refractivity contribution in [3.63, 3.8) is 0 Å². The Morgan fingerprint density at radius 3 is 1.93 bits per heavy atom. The van der Waals surface area contributed by atoms with Crippen molar-refractivity contribution in [2.24, 2.45) is 0 Å². The molecule has 3 aromatic carbocycles. The van der Waals surface area contributed by atoms with Gasteiger partial charge in [0.15, 0.2) is 5.78 Å². The predicted molar refractivity (Wildman–Crippen MR) is 188 cm³/mol. The van der Waals surface area contributed by atoms with Gasteiger partial charge >= 0.3 is 12.1 Å². The lowest BCUT2D eigenvalue weighted by Gasteiger charge is -2.43. The van der Waals surface area contributed by atoms with Crippen molar-refractivity contribution in [1.82, 2.24) is 20.4 Å². The van der Waals surface area contributed by atoms with Crippen LogP contribution in [0.1, 0.15) is 89.1 Å². The molecule has 246 valence electrons. The number of ketones is 1. The lowest BCUT2D eigenvalue weighted by atomic mass is 9.68. The number of rotatable bonds is 8. The topological polar surface area (TPSA) is 81.8 Å². The monoisotopic (exact) mass is 624 g/mol. The number of aryl methyl sites for hydroxylation is 1. The second kappa shape index (κ2) is 17.5. The minimum atomic E-state index is -0.771. The molecule has 1 fully saturated rings. The second-order valence-electron chi connectivity index (χ2n) is 11.4. The van der Waals surface area contributed by atoms with Crippen molar-refractivity contribution in [1.29, 1.82) is 0 Å². The van der Waals surface area contributed by atoms with Crippen LogP contribution in [0.5, 0.6) is 0 Å². The molecule has 0 aliphatic carbocycles. The van der Waals surface area contributed by atoms with E-state index < -0.39 is 18.1 Å². The number of hydrogen-bond acceptors (Lipinski definition) is 4. The third kappa shape index (κ3) is 8.32. The van der Waals surface area contributed by atoms with Gasteiger partial charge in [-0.05, 0) is 76.4 Å². The molecule has 1 atom stereocenters. The fourth-order valence-corrected chi connectivity index (χ4v) is 6.47. The molecule has 1 unspecified atom stereocenters. The molecule has 46 heavy (non-hydrogen) atoms. The number of hydrogen-bond donors (Lipinski definition) is 2. The Morgan fingerprint density at radius 2 is 1.37 bits per heavy atom. The predicted octanol–water partition coefficient (Wildman–Crippen LogP) is 8.16. The molecular formula is C39H52N4O3. The summed E-state index contributed by atoms with van der Waals surface area (Å²) < 4.78 is 0. The van der Waals surface area contributed by atoms with Crippen molar-refractivity contribution in [2.45, 2.75) is 79.2 Å². The quantitative estimate of drug-likeness (QED) is 0.248. The number of nitrogens with zero attached hydrogens (tertiary/aromatic N) is 2. The first-order valence-corrected chi connectivity index (χ1v) is 16.8. The van der Waals surface area contributed by atoms with Crippen LogP contribution >= 0.6 is 0 Å². The molecule has 7 heteroatoms. The maximum absolute atomic E-state index is 13.3. The molecule has 2 aliphatic rings. The summed E-state index contributed by atoms with van der Waals surface area (Å²) in [5, 5.41) is 5.63. The molecule has 2 heterocycles. The first kappa shape index (κ1) is 36.2. The highest BCUT2D eigenvalue weighted by Gasteiger charge is 2.40. The molecule has 0 radical (unpaired) electrons. The maximum atomic E-state index is 13.3. The van der Waals surface area contributed by atoms with Gasteiger partial charge in [0.2, 0.25) is 0 Å². The van der Waals surface area contributed by atoms with Crippen molar-refractivity contribution in [3.05, 3.63) is 118 Å². The van der Waals surface area contributed by atoms with Crippen LogP contribution in [0.4, 0.5) is 9.59 Å². The summed E-state index contributed by atoms with van der Waals surface area (Å²) in [6, 6.07) is 27.2. The summed E-state index contributed by atoms with van der Waals surface area (Å²) >= 11 is 0. The van der Waals surface area contributed by atoms with Crippen molar-refractivity contribution in [2.75, 3.05) is 26.2 Å². The number of piperidine rings is 1. The van der Waals surface area contributed by atoms with Gasteiger partial charge in [0.1, 0.15) is 0 Å². The van der Waals surface area contributed by atoms with Gasteiger partial charge in [-0.15, -0.1) is 0 Å². The number of imide groups is 1. The molecular weight excluding hydrogens is 572 g/mol. The summed E-state index contributed by atoms with van der Waals surface area (Å²) in [7, 11) is 0. The summed E-state index contributed by atoms with van der Waals surface area (Å²) in [6.45, 7) is 16.5. The van der Waals surface area contributed by atoms with E-state index in [1.54, 1.807) is 6.92 Å². The minimum Gasteiger partial charge on any atom is -0.337 e. The third-order valence-corrected chi connectivity index (χ3v) is 8.73. The van der Waals surface area contributed by atoms with Crippen LogP contribution in [0.25, 0.3) is 0 Å². The first-order valence-electron chi connectivity index (χ1n) is 16.8. The van der Waals surface area contributed by atoms with Gasteiger partial charge in [-0.1, -0.05) is 118 Å². The molecule has 0 bridgehead atoms. The molecule has 5 rings (SSSR count). The normalized spacial score (nSPS) is 17.5. The zero-order valence-electron chi connectivity index (χ0n) is 28.7. The van der Waals surface area contributed by atoms with E-state index in [2.05, 4.69) is 77.1 Å². The van der Waals surface area contributed by atoms with Crippen LogP contribution in [0.15, 0.2) is 96.2 Å². The van der Waals surface area contributed by atoms with Crippen molar-refractivity contribution in [3.8, 4) is 0 Å². The number of allylic oxidation sites excluding steroid dienone is 1. The zero-order chi connectivity index (χ0) is 33.7. The molecule has 3 aromatic rings. The van der Waals surface area contributed by atoms with E-state index in [4.69, 9.17) is 0 Å². The average Bonchev–Trinajstić information content (AvgIpc) is 3.09. The van der Waals surface area contributed by atoms with Gasteiger partial charge in [-0.2, -0.15) is 0 Å². The molecule has 2 N–H and O–H groups in total. The smallest absolute Gasteiger partial charge is 0.330 e. The Morgan fingerprint density at radius 1 is 0.826 bits per heavy atom. The van der Waals surface area contributed by atoms with Crippen LogP contribution < -0.4 is 10.6 Å². The van der Waals surface area contributed by atoms with E-state index in [1.165, 1.54) is 23.6 Å². The molecule has 0 aromatic heterocycles. The van der Waals surface area contributed by atoms with Crippen LogP contribution in [0.2, 0.25) is 0 Å². The zero-order valence-corrected chi connectivity index (χ0v) is 28.7. The molecule has 0 spiro atoms. The second-order valence-corrected chi connectivity index (χ2v) is 11.4. The van der Waals surface area contributed by atoms with E-state index in [-0.39, 0.29) is 11.2 Å². The molecule has 4 amide bonds. The Balaban J connectivity index is 0.00000139. The van der Waals surface area contributed by atoms with Gasteiger partial charge in [0.05, 0.1) is 6.04 Å². The fourth-order valence-electron chi connectivity index (χ4n) is 6.47. The average molecular weight is 625 g/mol. The summed E-state index contributed by atoms with van der Waals surface area (Å²) in [6.07, 6.45) is 2.81. The number of carbonyl (C=O) groups excluding carboxylic acids is 3. The Kier molecular flexibility index (Phi) is 13.8. The number of likely N-dealkylation sites (tertiary alicyclic amines) is 1. The highest BCUT2D eigenvalue weighted by molar-refractivity contribution is 6.03. The van der Waals surface area contributed by atoms with E-state index in [9.17, 15) is 14.4 Å². The first-order chi connectivity index (χ1) is 22.3. The lowest BCUT2D eigenvalue weighted by molar-refractivity contribution is -0.114. The minimum absolute atomic E-state index is 0.00613. The van der Waals surface area contributed by atoms with Crippen LogP contribution in [0.3, 0.4) is 0 Å². The van der Waals surface area contributed by atoms with Gasteiger partial charge in [-0.25, -0.2) is 14.5 Å². The molecule has 2 aliphatic heterocycles.